The lowest BCUT2D eigenvalue weighted by Crippen LogP contribution is -2.51. The van der Waals surface area contributed by atoms with Crippen LogP contribution in [0.4, 0.5) is 5.69 Å². The number of anilines is 1. The van der Waals surface area contributed by atoms with Gasteiger partial charge in [-0.2, -0.15) is 0 Å². The summed E-state index contributed by atoms with van der Waals surface area (Å²) in [5.74, 6) is -1.20. The zero-order valence-electron chi connectivity index (χ0n) is 16.2. The average Bonchev–Trinajstić information content (AvgIpc) is 2.67. The molecule has 1 aliphatic rings. The largest absolute Gasteiger partial charge is 0.483 e. The molecule has 9 heteroatoms. The van der Waals surface area contributed by atoms with E-state index in [1.165, 1.54) is 6.08 Å². The average molecular weight is 488 g/mol. The van der Waals surface area contributed by atoms with Crippen molar-refractivity contribution in [3.05, 3.63) is 63.1 Å². The Labute approximate surface area is 187 Å². The predicted molar refractivity (Wildman–Crippen MR) is 121 cm³/mol. The molecule has 7 nitrogen and oxygen atoms in total. The minimum atomic E-state index is -0.609. The first-order valence-corrected chi connectivity index (χ1v) is 10.1. The van der Waals surface area contributed by atoms with Gasteiger partial charge >= 0.3 is 0 Å². The van der Waals surface area contributed by atoms with Gasteiger partial charge in [0.15, 0.2) is 11.7 Å². The van der Waals surface area contributed by atoms with Gasteiger partial charge in [-0.1, -0.05) is 28.1 Å². The summed E-state index contributed by atoms with van der Waals surface area (Å²) in [4.78, 5) is 36.6. The molecule has 1 heterocycles. The zero-order chi connectivity index (χ0) is 21.8. The number of benzene rings is 2. The van der Waals surface area contributed by atoms with E-state index in [1.54, 1.807) is 18.2 Å². The van der Waals surface area contributed by atoms with Crippen LogP contribution in [0.15, 0.2) is 46.4 Å². The van der Waals surface area contributed by atoms with Crippen molar-refractivity contribution in [3.63, 3.8) is 0 Å². The van der Waals surface area contributed by atoms with Crippen LogP contribution in [0.25, 0.3) is 6.08 Å². The molecule has 3 amide bonds. The van der Waals surface area contributed by atoms with Crippen molar-refractivity contribution >= 4 is 62.7 Å². The molecule has 0 aromatic heterocycles. The number of aryl methyl sites for hydroxylation is 2. The van der Waals surface area contributed by atoms with Crippen LogP contribution in [0.2, 0.25) is 0 Å². The van der Waals surface area contributed by atoms with Gasteiger partial charge in [0.2, 0.25) is 0 Å². The molecule has 3 rings (SSSR count). The van der Waals surface area contributed by atoms with Crippen LogP contribution in [-0.4, -0.2) is 29.4 Å². The van der Waals surface area contributed by atoms with E-state index in [-0.39, 0.29) is 23.2 Å². The Bertz CT molecular complexity index is 1080. The van der Waals surface area contributed by atoms with Crippen molar-refractivity contribution in [3.8, 4) is 5.75 Å². The minimum absolute atomic E-state index is 0.0454. The molecule has 2 aromatic carbocycles. The topological polar surface area (TPSA) is 96.5 Å². The summed E-state index contributed by atoms with van der Waals surface area (Å²) in [6.45, 7) is 3.60. The van der Waals surface area contributed by atoms with E-state index in [1.807, 2.05) is 32.0 Å². The third kappa shape index (κ3) is 5.31. The third-order valence-electron chi connectivity index (χ3n) is 4.24. The number of hydrogen-bond acceptors (Lipinski definition) is 5. The molecule has 1 aliphatic heterocycles. The van der Waals surface area contributed by atoms with Gasteiger partial charge in [-0.25, -0.2) is 0 Å². The zero-order valence-corrected chi connectivity index (χ0v) is 18.6. The molecule has 0 bridgehead atoms. The van der Waals surface area contributed by atoms with Crippen LogP contribution < -0.4 is 20.7 Å². The predicted octanol–water partition coefficient (Wildman–Crippen LogP) is 3.00. The number of carbonyl (C=O) groups is 3. The number of ether oxygens (including phenoxy) is 1. The molecule has 0 aliphatic carbocycles. The second-order valence-electron chi connectivity index (χ2n) is 6.63. The van der Waals surface area contributed by atoms with E-state index >= 15 is 0 Å². The second kappa shape index (κ2) is 9.19. The van der Waals surface area contributed by atoms with Crippen LogP contribution in [0.5, 0.6) is 5.75 Å². The fourth-order valence-electron chi connectivity index (χ4n) is 2.73. The summed E-state index contributed by atoms with van der Waals surface area (Å²) in [6, 6.07) is 10.8. The Hall–Kier alpha value is -3.04. The maximum absolute atomic E-state index is 12.4. The Balaban J connectivity index is 1.77. The van der Waals surface area contributed by atoms with Crippen molar-refractivity contribution in [1.82, 2.24) is 10.6 Å². The van der Waals surface area contributed by atoms with Crippen molar-refractivity contribution in [1.29, 1.82) is 0 Å². The van der Waals surface area contributed by atoms with Crippen LogP contribution in [0.1, 0.15) is 16.7 Å². The first-order valence-electron chi connectivity index (χ1n) is 8.91. The maximum Gasteiger partial charge on any atom is 0.263 e. The quantitative estimate of drug-likeness (QED) is 0.342. The highest BCUT2D eigenvalue weighted by Gasteiger charge is 2.26. The van der Waals surface area contributed by atoms with Crippen molar-refractivity contribution in [2.75, 3.05) is 11.9 Å². The number of carbonyl (C=O) groups excluding carboxylic acids is 3. The van der Waals surface area contributed by atoms with Crippen LogP contribution in [0, 0.1) is 13.8 Å². The van der Waals surface area contributed by atoms with E-state index in [0.717, 1.165) is 11.1 Å². The van der Waals surface area contributed by atoms with Crippen molar-refractivity contribution in [2.45, 2.75) is 13.8 Å². The summed E-state index contributed by atoms with van der Waals surface area (Å²) in [5, 5.41) is 7.53. The Kier molecular flexibility index (Phi) is 6.63. The van der Waals surface area contributed by atoms with E-state index in [4.69, 9.17) is 17.0 Å². The van der Waals surface area contributed by atoms with Gasteiger partial charge in [0.1, 0.15) is 11.3 Å². The fourth-order valence-corrected chi connectivity index (χ4v) is 3.29. The number of rotatable bonds is 5. The number of amides is 3. The van der Waals surface area contributed by atoms with E-state index < -0.39 is 11.8 Å². The Morgan fingerprint density at radius 3 is 2.53 bits per heavy atom. The van der Waals surface area contributed by atoms with Gasteiger partial charge in [0.05, 0.1) is 0 Å². The highest BCUT2D eigenvalue weighted by atomic mass is 79.9. The molecule has 0 spiro atoms. The van der Waals surface area contributed by atoms with E-state index in [0.29, 0.717) is 21.5 Å². The number of thiocarbonyl (C=S) groups is 1. The van der Waals surface area contributed by atoms with Crippen molar-refractivity contribution < 1.29 is 19.1 Å². The highest BCUT2D eigenvalue weighted by molar-refractivity contribution is 9.10. The van der Waals surface area contributed by atoms with Crippen LogP contribution in [0.3, 0.4) is 0 Å². The number of nitrogens with one attached hydrogen (secondary N) is 3. The molecule has 0 atom stereocenters. The van der Waals surface area contributed by atoms with Gasteiger partial charge in [-0.15, -0.1) is 0 Å². The summed E-state index contributed by atoms with van der Waals surface area (Å²) >= 11 is 8.15. The summed E-state index contributed by atoms with van der Waals surface area (Å²) in [5.41, 5.74) is 3.02. The molecule has 0 unspecified atom stereocenters. The molecular formula is C21H18BrN3O4S. The van der Waals surface area contributed by atoms with Crippen LogP contribution in [-0.2, 0) is 14.4 Å². The van der Waals surface area contributed by atoms with Gasteiger partial charge in [0.25, 0.3) is 17.7 Å². The standard InChI is InChI=1S/C21H18BrN3O4S/c1-11-3-4-12(2)16(7-11)23-18(26)10-29-17-6-5-14(22)8-13(17)9-15-19(27)24-21(30)25-20(15)28/h3-9H,10H2,1-2H3,(H,23,26)(H2,24,25,27,28,30). The first kappa shape index (κ1) is 21.7. The first-order chi connectivity index (χ1) is 14.2. The highest BCUT2D eigenvalue weighted by Crippen LogP contribution is 2.26. The Morgan fingerprint density at radius 2 is 1.83 bits per heavy atom. The molecule has 1 saturated heterocycles. The molecular weight excluding hydrogens is 470 g/mol. The maximum atomic E-state index is 12.4. The lowest BCUT2D eigenvalue weighted by molar-refractivity contribution is -0.123. The smallest absolute Gasteiger partial charge is 0.263 e. The summed E-state index contributed by atoms with van der Waals surface area (Å²) < 4.78 is 6.38. The fraction of sp³-hybridized carbons (Fsp3) is 0.143. The van der Waals surface area contributed by atoms with Crippen molar-refractivity contribution in [2.24, 2.45) is 0 Å². The number of hydrogen-bond donors (Lipinski definition) is 3. The molecule has 0 radical (unpaired) electrons. The van der Waals surface area contributed by atoms with Gasteiger partial charge in [-0.3, -0.25) is 25.0 Å². The third-order valence-corrected chi connectivity index (χ3v) is 4.94. The molecule has 2 aromatic rings. The van der Waals surface area contributed by atoms with E-state index in [9.17, 15) is 14.4 Å². The second-order valence-corrected chi connectivity index (χ2v) is 7.96. The normalized spacial score (nSPS) is 13.4. The lowest BCUT2D eigenvalue weighted by Gasteiger charge is -2.17. The SMILES string of the molecule is Cc1ccc(C)c(NC(=O)COc2ccc(Br)cc2C=C2C(=O)NC(=S)NC2=O)c1. The van der Waals surface area contributed by atoms with Gasteiger partial charge in [-0.05, 0) is 67.5 Å². The Morgan fingerprint density at radius 1 is 1.13 bits per heavy atom. The minimum Gasteiger partial charge on any atom is -0.483 e. The monoisotopic (exact) mass is 487 g/mol. The molecule has 30 heavy (non-hydrogen) atoms. The van der Waals surface area contributed by atoms with Gasteiger partial charge < -0.3 is 10.1 Å². The summed E-state index contributed by atoms with van der Waals surface area (Å²) in [6.07, 6.45) is 1.38. The lowest BCUT2D eigenvalue weighted by atomic mass is 10.1. The summed E-state index contributed by atoms with van der Waals surface area (Å²) in [7, 11) is 0. The molecule has 3 N–H and O–H groups in total. The van der Waals surface area contributed by atoms with Gasteiger partial charge in [0, 0.05) is 15.7 Å². The van der Waals surface area contributed by atoms with E-state index in [2.05, 4.69) is 31.9 Å². The molecule has 154 valence electrons. The van der Waals surface area contributed by atoms with Crippen LogP contribution >= 0.6 is 28.1 Å². The molecule has 0 saturated carbocycles. The molecule has 1 fully saturated rings. The number of halogens is 1.